The molecule has 2 heteroatoms. The van der Waals surface area contributed by atoms with E-state index in [2.05, 4.69) is 11.5 Å². The van der Waals surface area contributed by atoms with Gasteiger partial charge in [-0.05, 0) is 30.2 Å². The SMILES string of the molecule is [c]1ccc2c(c1)CCNO2. The van der Waals surface area contributed by atoms with Crippen LogP contribution >= 0.6 is 0 Å². The van der Waals surface area contributed by atoms with E-state index in [1.165, 1.54) is 5.56 Å². The molecule has 0 unspecified atom stereocenters. The van der Waals surface area contributed by atoms with Crippen molar-refractivity contribution in [3.8, 4) is 5.75 Å². The molecule has 2 rings (SSSR count). The van der Waals surface area contributed by atoms with Crippen molar-refractivity contribution in [3.05, 3.63) is 29.8 Å². The number of benzene rings is 1. The Hall–Kier alpha value is -1.02. The van der Waals surface area contributed by atoms with Crippen molar-refractivity contribution in [1.82, 2.24) is 5.48 Å². The van der Waals surface area contributed by atoms with E-state index in [1.54, 1.807) is 0 Å². The zero-order chi connectivity index (χ0) is 6.81. The van der Waals surface area contributed by atoms with Crippen LogP contribution in [-0.4, -0.2) is 6.54 Å². The molecule has 0 aliphatic carbocycles. The Morgan fingerprint density at radius 3 is 3.50 bits per heavy atom. The minimum Gasteiger partial charge on any atom is -0.408 e. The Bertz CT molecular complexity index is 209. The van der Waals surface area contributed by atoms with Gasteiger partial charge in [0.2, 0.25) is 0 Å². The van der Waals surface area contributed by atoms with Gasteiger partial charge in [-0.1, -0.05) is 6.07 Å². The minimum atomic E-state index is 0.894. The fourth-order valence-corrected chi connectivity index (χ4v) is 1.06. The quantitative estimate of drug-likeness (QED) is 0.569. The van der Waals surface area contributed by atoms with Crippen molar-refractivity contribution in [3.63, 3.8) is 0 Å². The van der Waals surface area contributed by atoms with Gasteiger partial charge in [-0.25, -0.2) is 0 Å². The Labute approximate surface area is 59.8 Å². The fourth-order valence-electron chi connectivity index (χ4n) is 1.06. The van der Waals surface area contributed by atoms with Gasteiger partial charge in [-0.15, -0.1) is 0 Å². The van der Waals surface area contributed by atoms with E-state index in [9.17, 15) is 0 Å². The molecule has 1 N–H and O–H groups in total. The standard InChI is InChI=1S/C8H8NO/c1-2-4-8-7(3-1)5-6-9-10-8/h2-4,9H,5-6H2. The van der Waals surface area contributed by atoms with E-state index in [-0.39, 0.29) is 0 Å². The lowest BCUT2D eigenvalue weighted by Gasteiger charge is -2.16. The molecule has 0 amide bonds. The first kappa shape index (κ1) is 5.74. The summed E-state index contributed by atoms with van der Waals surface area (Å²) in [6.45, 7) is 0.894. The monoisotopic (exact) mass is 134 g/mol. The first-order valence-electron chi connectivity index (χ1n) is 3.35. The van der Waals surface area contributed by atoms with Crippen LogP contribution in [0.1, 0.15) is 5.56 Å². The summed E-state index contributed by atoms with van der Waals surface area (Å²) in [5.41, 5.74) is 4.06. The van der Waals surface area contributed by atoms with Crippen molar-refractivity contribution in [1.29, 1.82) is 0 Å². The molecule has 0 bridgehead atoms. The molecule has 0 atom stereocenters. The van der Waals surface area contributed by atoms with Crippen LogP contribution in [0.2, 0.25) is 0 Å². The zero-order valence-corrected chi connectivity index (χ0v) is 5.55. The largest absolute Gasteiger partial charge is 0.408 e. The fraction of sp³-hybridized carbons (Fsp3) is 0.250. The van der Waals surface area contributed by atoms with E-state index >= 15 is 0 Å². The van der Waals surface area contributed by atoms with Gasteiger partial charge in [-0.2, -0.15) is 5.48 Å². The molecule has 0 aromatic heterocycles. The van der Waals surface area contributed by atoms with Crippen LogP contribution in [-0.2, 0) is 6.42 Å². The molecule has 1 aliphatic heterocycles. The van der Waals surface area contributed by atoms with Gasteiger partial charge in [0.1, 0.15) is 5.75 Å². The van der Waals surface area contributed by atoms with Crippen LogP contribution in [0.3, 0.4) is 0 Å². The van der Waals surface area contributed by atoms with Crippen molar-refractivity contribution in [2.75, 3.05) is 6.54 Å². The minimum absolute atomic E-state index is 0.894. The second-order valence-electron chi connectivity index (χ2n) is 2.28. The highest BCUT2D eigenvalue weighted by molar-refractivity contribution is 5.33. The lowest BCUT2D eigenvalue weighted by Crippen LogP contribution is -2.26. The van der Waals surface area contributed by atoms with Gasteiger partial charge in [0.25, 0.3) is 0 Å². The normalized spacial score (nSPS) is 15.6. The molecule has 1 radical (unpaired) electrons. The average molecular weight is 134 g/mol. The molecule has 1 aromatic rings. The third-order valence-electron chi connectivity index (χ3n) is 1.58. The van der Waals surface area contributed by atoms with Crippen molar-refractivity contribution >= 4 is 0 Å². The summed E-state index contributed by atoms with van der Waals surface area (Å²) in [6, 6.07) is 8.75. The Kier molecular flexibility index (Phi) is 1.32. The van der Waals surface area contributed by atoms with Crippen LogP contribution in [0.5, 0.6) is 5.75 Å². The molecule has 2 nitrogen and oxygen atoms in total. The second kappa shape index (κ2) is 2.31. The summed E-state index contributed by atoms with van der Waals surface area (Å²) in [5, 5.41) is 0. The van der Waals surface area contributed by atoms with E-state index < -0.39 is 0 Å². The predicted octanol–water partition coefficient (Wildman–Crippen LogP) is 0.926. The summed E-state index contributed by atoms with van der Waals surface area (Å²) < 4.78 is 0. The maximum absolute atomic E-state index is 5.15. The topological polar surface area (TPSA) is 21.3 Å². The van der Waals surface area contributed by atoms with Crippen LogP contribution < -0.4 is 10.3 Å². The Balaban J connectivity index is 2.41. The molecule has 10 heavy (non-hydrogen) atoms. The number of hydrogen-bond donors (Lipinski definition) is 1. The summed E-state index contributed by atoms with van der Waals surface area (Å²) >= 11 is 0. The van der Waals surface area contributed by atoms with Crippen molar-refractivity contribution in [2.45, 2.75) is 6.42 Å². The number of nitrogens with one attached hydrogen (secondary N) is 1. The maximum atomic E-state index is 5.15. The summed E-state index contributed by atoms with van der Waals surface area (Å²) in [6.07, 6.45) is 1.03. The number of fused-ring (bicyclic) bond motifs is 1. The summed E-state index contributed by atoms with van der Waals surface area (Å²) in [5.74, 6) is 0.935. The number of rotatable bonds is 0. The van der Waals surface area contributed by atoms with Gasteiger partial charge < -0.3 is 4.84 Å². The molecular weight excluding hydrogens is 126 g/mol. The molecule has 1 aromatic carbocycles. The number of hydrogen-bond acceptors (Lipinski definition) is 2. The van der Waals surface area contributed by atoms with Crippen LogP contribution in [0.4, 0.5) is 0 Å². The smallest absolute Gasteiger partial charge is 0.150 e. The van der Waals surface area contributed by atoms with Gasteiger partial charge in [0.15, 0.2) is 0 Å². The third kappa shape index (κ3) is 0.866. The Morgan fingerprint density at radius 2 is 2.60 bits per heavy atom. The number of hydroxylamine groups is 1. The van der Waals surface area contributed by atoms with Crippen LogP contribution in [0, 0.1) is 6.07 Å². The van der Waals surface area contributed by atoms with Crippen LogP contribution in [0.15, 0.2) is 18.2 Å². The van der Waals surface area contributed by atoms with Crippen molar-refractivity contribution in [2.24, 2.45) is 0 Å². The highest BCUT2D eigenvalue weighted by atomic mass is 16.6. The van der Waals surface area contributed by atoms with Gasteiger partial charge >= 0.3 is 0 Å². The maximum Gasteiger partial charge on any atom is 0.150 e. The molecule has 1 heterocycles. The highest BCUT2D eigenvalue weighted by Crippen LogP contribution is 2.19. The van der Waals surface area contributed by atoms with Gasteiger partial charge in [-0.3, -0.25) is 0 Å². The lowest BCUT2D eigenvalue weighted by atomic mass is 10.1. The van der Waals surface area contributed by atoms with E-state index in [1.807, 2.05) is 18.2 Å². The van der Waals surface area contributed by atoms with Gasteiger partial charge in [0, 0.05) is 6.54 Å². The second-order valence-corrected chi connectivity index (χ2v) is 2.28. The van der Waals surface area contributed by atoms with Gasteiger partial charge in [0.05, 0.1) is 0 Å². The summed E-state index contributed by atoms with van der Waals surface area (Å²) in [4.78, 5) is 5.15. The third-order valence-corrected chi connectivity index (χ3v) is 1.58. The van der Waals surface area contributed by atoms with Crippen LogP contribution in [0.25, 0.3) is 0 Å². The lowest BCUT2D eigenvalue weighted by molar-refractivity contribution is 0.180. The predicted molar refractivity (Wildman–Crippen MR) is 37.6 cm³/mol. The zero-order valence-electron chi connectivity index (χ0n) is 5.55. The molecule has 0 saturated carbocycles. The highest BCUT2D eigenvalue weighted by Gasteiger charge is 2.06. The van der Waals surface area contributed by atoms with E-state index in [4.69, 9.17) is 4.84 Å². The molecule has 51 valence electrons. The van der Waals surface area contributed by atoms with E-state index in [0.717, 1.165) is 18.7 Å². The average Bonchev–Trinajstić information content (AvgIpc) is 2.05. The first-order valence-corrected chi connectivity index (χ1v) is 3.35. The molecule has 0 spiro atoms. The summed E-state index contributed by atoms with van der Waals surface area (Å²) in [7, 11) is 0. The van der Waals surface area contributed by atoms with Crippen molar-refractivity contribution < 1.29 is 4.84 Å². The molecular formula is C8H8NO. The molecule has 1 aliphatic rings. The first-order chi connectivity index (χ1) is 4.97. The Morgan fingerprint density at radius 1 is 1.60 bits per heavy atom. The molecule has 0 fully saturated rings. The molecule has 0 saturated heterocycles. The van der Waals surface area contributed by atoms with E-state index in [0.29, 0.717) is 0 Å².